The fraction of sp³-hybridized carbons (Fsp3) is 0.227. The van der Waals surface area contributed by atoms with Crippen molar-refractivity contribution in [2.45, 2.75) is 18.5 Å². The number of nitriles is 1. The number of rotatable bonds is 3. The number of carbonyl (C=O) groups excluding carboxylic acids is 1. The molecule has 4 rings (SSSR count). The second-order valence-corrected chi connectivity index (χ2v) is 6.96. The van der Waals surface area contributed by atoms with Gasteiger partial charge >= 0.3 is 0 Å². The van der Waals surface area contributed by atoms with Crippen LogP contribution in [-0.2, 0) is 0 Å². The lowest BCUT2D eigenvalue weighted by Gasteiger charge is -2.20. The van der Waals surface area contributed by atoms with Crippen molar-refractivity contribution in [3.63, 3.8) is 0 Å². The van der Waals surface area contributed by atoms with Gasteiger partial charge in [0.2, 0.25) is 0 Å². The van der Waals surface area contributed by atoms with E-state index in [2.05, 4.69) is 21.5 Å². The quantitative estimate of drug-likeness (QED) is 0.535. The summed E-state index contributed by atoms with van der Waals surface area (Å²) < 4.78 is 2.14. The van der Waals surface area contributed by atoms with Crippen LogP contribution < -0.4 is 0 Å². The fourth-order valence-electron chi connectivity index (χ4n) is 4.04. The summed E-state index contributed by atoms with van der Waals surface area (Å²) in [5.74, 6) is 3.66. The summed E-state index contributed by atoms with van der Waals surface area (Å²) in [6.07, 6.45) is 7.37. The van der Waals surface area contributed by atoms with Gasteiger partial charge in [-0.25, -0.2) is 4.98 Å². The first-order chi connectivity index (χ1) is 13.1. The van der Waals surface area contributed by atoms with Gasteiger partial charge < -0.3 is 4.57 Å². The first-order valence-corrected chi connectivity index (χ1v) is 8.72. The first kappa shape index (κ1) is 17.0. The van der Waals surface area contributed by atoms with Crippen LogP contribution in [0, 0.1) is 23.7 Å². The zero-order valence-corrected chi connectivity index (χ0v) is 15.2. The van der Waals surface area contributed by atoms with Gasteiger partial charge in [0.25, 0.3) is 0 Å². The summed E-state index contributed by atoms with van der Waals surface area (Å²) in [7, 11) is 4.04. The van der Waals surface area contributed by atoms with E-state index in [9.17, 15) is 10.1 Å². The Labute approximate surface area is 157 Å². The highest BCUT2D eigenvalue weighted by Gasteiger charge is 2.37. The van der Waals surface area contributed by atoms with E-state index in [0.29, 0.717) is 16.7 Å². The minimum absolute atomic E-state index is 0.0956. The molecule has 0 aliphatic carbocycles. The van der Waals surface area contributed by atoms with Gasteiger partial charge in [-0.3, -0.25) is 9.69 Å². The largest absolute Gasteiger partial charge is 0.319 e. The molecule has 2 heterocycles. The molecular formula is C22H18N4O. The Bertz CT molecular complexity index is 1140. The van der Waals surface area contributed by atoms with Crippen LogP contribution in [0.2, 0.25) is 0 Å². The van der Waals surface area contributed by atoms with Gasteiger partial charge in [-0.15, -0.1) is 6.42 Å². The van der Waals surface area contributed by atoms with Gasteiger partial charge in [-0.1, -0.05) is 18.1 Å². The predicted molar refractivity (Wildman–Crippen MR) is 103 cm³/mol. The van der Waals surface area contributed by atoms with Gasteiger partial charge in [-0.2, -0.15) is 5.26 Å². The van der Waals surface area contributed by atoms with Crippen molar-refractivity contribution in [1.29, 1.82) is 5.26 Å². The molecule has 5 nitrogen and oxygen atoms in total. The van der Waals surface area contributed by atoms with Gasteiger partial charge in [0.1, 0.15) is 12.1 Å². The maximum absolute atomic E-state index is 11.7. The molecule has 0 bridgehead atoms. The third-order valence-electron chi connectivity index (χ3n) is 5.28. The van der Waals surface area contributed by atoms with Gasteiger partial charge in [0.05, 0.1) is 34.7 Å². The maximum atomic E-state index is 11.7. The normalized spacial score (nSPS) is 18.3. The van der Waals surface area contributed by atoms with E-state index in [4.69, 9.17) is 11.4 Å². The van der Waals surface area contributed by atoms with E-state index < -0.39 is 0 Å². The predicted octanol–water partition coefficient (Wildman–Crippen LogP) is 3.30. The van der Waals surface area contributed by atoms with Crippen molar-refractivity contribution in [3.8, 4) is 18.4 Å². The van der Waals surface area contributed by atoms with E-state index in [0.717, 1.165) is 35.1 Å². The number of nitrogens with zero attached hydrogens (tertiary/aromatic N) is 4. The second kappa shape index (κ2) is 6.39. The van der Waals surface area contributed by atoms with Gasteiger partial charge in [0.15, 0.2) is 0 Å². The average molecular weight is 354 g/mol. The smallest absolute Gasteiger partial charge is 0.150 e. The Morgan fingerprint density at radius 1 is 1.33 bits per heavy atom. The first-order valence-electron chi connectivity index (χ1n) is 8.72. The zero-order chi connectivity index (χ0) is 19.1. The number of fused-ring (bicyclic) bond motifs is 3. The SMILES string of the molecule is C#Cc1cccc(C=O)c1C1CC(N(C)C)c2nc3ccc(C#N)cc3n21. The molecule has 0 N–H and O–H groups in total. The average Bonchev–Trinajstić information content (AvgIpc) is 3.23. The van der Waals surface area contributed by atoms with Crippen LogP contribution in [0.1, 0.15) is 51.4 Å². The van der Waals surface area contributed by atoms with E-state index in [1.54, 1.807) is 12.1 Å². The number of hydrogen-bond acceptors (Lipinski definition) is 4. The number of aldehydes is 1. The Morgan fingerprint density at radius 3 is 2.81 bits per heavy atom. The minimum atomic E-state index is -0.112. The Hall–Kier alpha value is -3.41. The van der Waals surface area contributed by atoms with Crippen LogP contribution in [0.3, 0.4) is 0 Å². The van der Waals surface area contributed by atoms with Gasteiger partial charge in [-0.05, 0) is 44.8 Å². The fourth-order valence-corrected chi connectivity index (χ4v) is 4.04. The molecule has 1 aliphatic heterocycles. The summed E-state index contributed by atoms with van der Waals surface area (Å²) in [4.78, 5) is 18.7. The number of carbonyl (C=O) groups is 1. The molecular weight excluding hydrogens is 336 g/mol. The van der Waals surface area contributed by atoms with Crippen LogP contribution in [-0.4, -0.2) is 34.8 Å². The molecule has 0 radical (unpaired) electrons. The van der Waals surface area contributed by atoms with Crippen molar-refractivity contribution < 1.29 is 4.79 Å². The number of terminal acetylenes is 1. The van der Waals surface area contributed by atoms with Crippen molar-refractivity contribution in [2.24, 2.45) is 0 Å². The molecule has 2 unspecified atom stereocenters. The number of imidazole rings is 1. The molecule has 0 saturated carbocycles. The number of aromatic nitrogens is 2. The summed E-state index contributed by atoms with van der Waals surface area (Å²) in [5, 5.41) is 9.31. The second-order valence-electron chi connectivity index (χ2n) is 6.96. The maximum Gasteiger partial charge on any atom is 0.150 e. The molecule has 1 aromatic heterocycles. The zero-order valence-electron chi connectivity index (χ0n) is 15.2. The Balaban J connectivity index is 2.03. The van der Waals surface area contributed by atoms with Gasteiger partial charge in [0, 0.05) is 16.7 Å². The van der Waals surface area contributed by atoms with Crippen molar-refractivity contribution in [1.82, 2.24) is 14.5 Å². The van der Waals surface area contributed by atoms with E-state index in [1.807, 2.05) is 38.4 Å². The van der Waals surface area contributed by atoms with Crippen LogP contribution >= 0.6 is 0 Å². The highest BCUT2D eigenvalue weighted by Crippen LogP contribution is 2.44. The third-order valence-corrected chi connectivity index (χ3v) is 5.28. The van der Waals surface area contributed by atoms with Crippen LogP contribution in [0.5, 0.6) is 0 Å². The summed E-state index contributed by atoms with van der Waals surface area (Å²) >= 11 is 0. The monoisotopic (exact) mass is 354 g/mol. The molecule has 0 fully saturated rings. The molecule has 0 spiro atoms. The molecule has 3 aromatic rings. The molecule has 27 heavy (non-hydrogen) atoms. The van der Waals surface area contributed by atoms with Crippen LogP contribution in [0.25, 0.3) is 11.0 Å². The molecule has 5 heteroatoms. The molecule has 2 aromatic carbocycles. The Kier molecular flexibility index (Phi) is 4.03. The van der Waals surface area contributed by atoms with Crippen LogP contribution in [0.4, 0.5) is 0 Å². The molecule has 0 saturated heterocycles. The summed E-state index contributed by atoms with van der Waals surface area (Å²) in [6, 6.07) is 13.2. The highest BCUT2D eigenvalue weighted by molar-refractivity contribution is 5.81. The van der Waals surface area contributed by atoms with Crippen molar-refractivity contribution in [3.05, 3.63) is 64.5 Å². The van der Waals surface area contributed by atoms with Crippen molar-refractivity contribution >= 4 is 17.3 Å². The molecule has 132 valence electrons. The van der Waals surface area contributed by atoms with E-state index in [-0.39, 0.29) is 12.1 Å². The summed E-state index contributed by atoms with van der Waals surface area (Å²) in [6.45, 7) is 0. The van der Waals surface area contributed by atoms with E-state index >= 15 is 0 Å². The van der Waals surface area contributed by atoms with Crippen molar-refractivity contribution in [2.75, 3.05) is 14.1 Å². The lowest BCUT2D eigenvalue weighted by molar-refractivity contribution is 0.112. The number of benzene rings is 2. The Morgan fingerprint density at radius 2 is 2.15 bits per heavy atom. The molecule has 2 atom stereocenters. The minimum Gasteiger partial charge on any atom is -0.319 e. The standard InChI is InChI=1S/C22H18N4O/c1-4-15-6-5-7-16(13-27)21(15)19-11-20(25(2)3)22-24-17-9-8-14(12-23)10-18(17)26(19)22/h1,5-10,13,19-20H,11H2,2-3H3. The third kappa shape index (κ3) is 2.52. The highest BCUT2D eigenvalue weighted by atomic mass is 16.1. The molecule has 1 aliphatic rings. The van der Waals surface area contributed by atoms with Crippen LogP contribution in [0.15, 0.2) is 36.4 Å². The lowest BCUT2D eigenvalue weighted by Crippen LogP contribution is -2.18. The van der Waals surface area contributed by atoms with E-state index in [1.165, 1.54) is 0 Å². The topological polar surface area (TPSA) is 61.9 Å². The molecule has 0 amide bonds. The lowest BCUT2D eigenvalue weighted by atomic mass is 9.93. The number of hydrogen-bond donors (Lipinski definition) is 0. The summed E-state index contributed by atoms with van der Waals surface area (Å²) in [5.41, 5.74) is 4.47.